The largest absolute Gasteiger partial charge is 0.435 e. The Morgan fingerprint density at radius 2 is 2.00 bits per heavy atom. The molecule has 16 heavy (non-hydrogen) atoms. The van der Waals surface area contributed by atoms with Crippen molar-refractivity contribution in [2.75, 3.05) is 0 Å². The van der Waals surface area contributed by atoms with E-state index in [0.717, 1.165) is 5.56 Å². The number of aliphatic imine (C=N–C) groups is 1. The van der Waals surface area contributed by atoms with E-state index in [9.17, 15) is 13.6 Å². The normalized spacial score (nSPS) is 12.0. The molecule has 0 bridgehead atoms. The average molecular weight is 227 g/mol. The zero-order valence-corrected chi connectivity index (χ0v) is 8.69. The second kappa shape index (κ2) is 5.98. The van der Waals surface area contributed by atoms with Gasteiger partial charge in [0.25, 0.3) is 0 Å². The Kier molecular flexibility index (Phi) is 4.61. The molecule has 1 aromatic rings. The van der Waals surface area contributed by atoms with Gasteiger partial charge in [0.15, 0.2) is 0 Å². The van der Waals surface area contributed by atoms with Crippen molar-refractivity contribution in [3.05, 3.63) is 29.8 Å². The molecule has 3 nitrogen and oxygen atoms in total. The quantitative estimate of drug-likeness (QED) is 0.572. The standard InChI is InChI=1S/C11H11F2NO2/c1-2-10(14-7-15)8-3-5-9(6-4-8)16-11(12)13/h3-6,10-11H,2H2,1H3/t10-/m0/s1. The van der Waals surface area contributed by atoms with Crippen LogP contribution in [0.5, 0.6) is 5.75 Å². The summed E-state index contributed by atoms with van der Waals surface area (Å²) >= 11 is 0. The van der Waals surface area contributed by atoms with Gasteiger partial charge < -0.3 is 4.74 Å². The van der Waals surface area contributed by atoms with Gasteiger partial charge in [-0.15, -0.1) is 0 Å². The Balaban J connectivity index is 2.80. The maximum absolute atomic E-state index is 11.9. The fourth-order valence-electron chi connectivity index (χ4n) is 1.34. The molecular weight excluding hydrogens is 216 g/mol. The highest BCUT2D eigenvalue weighted by Crippen LogP contribution is 2.23. The number of isocyanates is 1. The van der Waals surface area contributed by atoms with E-state index in [-0.39, 0.29) is 11.8 Å². The van der Waals surface area contributed by atoms with Crippen LogP contribution in [0, 0.1) is 0 Å². The molecule has 0 spiro atoms. The first-order valence-corrected chi connectivity index (χ1v) is 4.79. The lowest BCUT2D eigenvalue weighted by molar-refractivity contribution is -0.0498. The van der Waals surface area contributed by atoms with E-state index in [1.165, 1.54) is 18.2 Å². The summed E-state index contributed by atoms with van der Waals surface area (Å²) in [6.45, 7) is -0.962. The minimum absolute atomic E-state index is 0.0867. The van der Waals surface area contributed by atoms with Crippen molar-refractivity contribution < 1.29 is 18.3 Å². The van der Waals surface area contributed by atoms with Crippen LogP contribution >= 0.6 is 0 Å². The van der Waals surface area contributed by atoms with E-state index in [2.05, 4.69) is 9.73 Å². The van der Waals surface area contributed by atoms with E-state index < -0.39 is 6.61 Å². The topological polar surface area (TPSA) is 38.7 Å². The van der Waals surface area contributed by atoms with Crippen LogP contribution in [-0.4, -0.2) is 12.7 Å². The maximum Gasteiger partial charge on any atom is 0.387 e. The summed E-state index contributed by atoms with van der Waals surface area (Å²) in [7, 11) is 0. The first-order chi connectivity index (χ1) is 7.67. The lowest BCUT2D eigenvalue weighted by Gasteiger charge is -2.09. The molecule has 0 aromatic heterocycles. The van der Waals surface area contributed by atoms with Crippen molar-refractivity contribution in [2.45, 2.75) is 26.0 Å². The van der Waals surface area contributed by atoms with Gasteiger partial charge in [-0.25, -0.2) is 4.79 Å². The molecule has 0 saturated carbocycles. The number of rotatable bonds is 5. The van der Waals surface area contributed by atoms with Crippen molar-refractivity contribution >= 4 is 6.08 Å². The van der Waals surface area contributed by atoms with Crippen LogP contribution in [0.2, 0.25) is 0 Å². The van der Waals surface area contributed by atoms with Crippen molar-refractivity contribution in [3.8, 4) is 5.75 Å². The minimum Gasteiger partial charge on any atom is -0.435 e. The SMILES string of the molecule is CC[C@H](N=C=O)c1ccc(OC(F)F)cc1. The van der Waals surface area contributed by atoms with Crippen LogP contribution in [-0.2, 0) is 4.79 Å². The van der Waals surface area contributed by atoms with Crippen LogP contribution in [0.3, 0.4) is 0 Å². The van der Waals surface area contributed by atoms with E-state index in [1.807, 2.05) is 6.92 Å². The summed E-state index contributed by atoms with van der Waals surface area (Å²) in [6, 6.07) is 5.77. The zero-order valence-electron chi connectivity index (χ0n) is 8.69. The van der Waals surface area contributed by atoms with Gasteiger partial charge >= 0.3 is 6.61 Å². The Labute approximate surface area is 91.8 Å². The number of hydrogen-bond donors (Lipinski definition) is 0. The summed E-state index contributed by atoms with van der Waals surface area (Å²) in [6.07, 6.45) is 2.13. The molecule has 0 amide bonds. The molecule has 1 rings (SSSR count). The predicted octanol–water partition coefficient (Wildman–Crippen LogP) is 3.07. The zero-order chi connectivity index (χ0) is 12.0. The lowest BCUT2D eigenvalue weighted by Crippen LogP contribution is -2.02. The average Bonchev–Trinajstić information content (AvgIpc) is 2.26. The Bertz CT molecular complexity index is 372. The highest BCUT2D eigenvalue weighted by Gasteiger charge is 2.08. The summed E-state index contributed by atoms with van der Waals surface area (Å²) in [5.74, 6) is 0.0867. The second-order valence-corrected chi connectivity index (χ2v) is 3.09. The van der Waals surface area contributed by atoms with Gasteiger partial charge in [0.05, 0.1) is 6.04 Å². The molecule has 0 N–H and O–H groups in total. The summed E-state index contributed by atoms with van der Waals surface area (Å²) in [5.41, 5.74) is 0.771. The smallest absolute Gasteiger partial charge is 0.387 e. The summed E-state index contributed by atoms with van der Waals surface area (Å²) < 4.78 is 28.0. The van der Waals surface area contributed by atoms with Gasteiger partial charge in [-0.1, -0.05) is 19.1 Å². The molecule has 0 aliphatic carbocycles. The van der Waals surface area contributed by atoms with Gasteiger partial charge in [-0.05, 0) is 24.1 Å². The number of nitrogens with zero attached hydrogens (tertiary/aromatic N) is 1. The van der Waals surface area contributed by atoms with Crippen molar-refractivity contribution in [1.29, 1.82) is 0 Å². The monoisotopic (exact) mass is 227 g/mol. The third kappa shape index (κ3) is 3.44. The fraction of sp³-hybridized carbons (Fsp3) is 0.364. The molecule has 0 unspecified atom stereocenters. The van der Waals surface area contributed by atoms with Crippen LogP contribution < -0.4 is 4.74 Å². The van der Waals surface area contributed by atoms with Crippen molar-refractivity contribution in [3.63, 3.8) is 0 Å². The molecule has 1 atom stereocenters. The molecule has 0 fully saturated rings. The molecule has 0 saturated heterocycles. The number of carbonyl (C=O) groups excluding carboxylic acids is 1. The summed E-state index contributed by atoms with van der Waals surface area (Å²) in [4.78, 5) is 13.8. The van der Waals surface area contributed by atoms with Crippen LogP contribution in [0.1, 0.15) is 24.9 Å². The van der Waals surface area contributed by atoms with E-state index in [4.69, 9.17) is 0 Å². The molecule has 86 valence electrons. The van der Waals surface area contributed by atoms with E-state index in [1.54, 1.807) is 12.1 Å². The molecule has 0 aliphatic heterocycles. The van der Waals surface area contributed by atoms with E-state index >= 15 is 0 Å². The third-order valence-electron chi connectivity index (χ3n) is 2.09. The number of ether oxygens (including phenoxy) is 1. The Hall–Kier alpha value is -1.74. The fourth-order valence-corrected chi connectivity index (χ4v) is 1.34. The molecule has 1 aromatic carbocycles. The number of benzene rings is 1. The maximum atomic E-state index is 11.9. The first kappa shape index (κ1) is 12.3. The molecule has 5 heteroatoms. The second-order valence-electron chi connectivity index (χ2n) is 3.09. The number of alkyl halides is 2. The van der Waals surface area contributed by atoms with Gasteiger partial charge in [-0.2, -0.15) is 13.8 Å². The van der Waals surface area contributed by atoms with Gasteiger partial charge in [0, 0.05) is 0 Å². The number of hydrogen-bond acceptors (Lipinski definition) is 3. The van der Waals surface area contributed by atoms with Gasteiger partial charge in [-0.3, -0.25) is 0 Å². The first-order valence-electron chi connectivity index (χ1n) is 4.79. The molecule has 0 radical (unpaired) electrons. The highest BCUT2D eigenvalue weighted by atomic mass is 19.3. The van der Waals surface area contributed by atoms with Gasteiger partial charge in [0.1, 0.15) is 5.75 Å². The molecule has 0 aliphatic rings. The van der Waals surface area contributed by atoms with E-state index in [0.29, 0.717) is 6.42 Å². The Morgan fingerprint density at radius 3 is 2.44 bits per heavy atom. The third-order valence-corrected chi connectivity index (χ3v) is 2.09. The Morgan fingerprint density at radius 1 is 1.38 bits per heavy atom. The minimum atomic E-state index is -2.83. The van der Waals surface area contributed by atoms with Gasteiger partial charge in [0.2, 0.25) is 6.08 Å². The van der Waals surface area contributed by atoms with Crippen LogP contribution in [0.4, 0.5) is 8.78 Å². The van der Waals surface area contributed by atoms with Crippen LogP contribution in [0.15, 0.2) is 29.3 Å². The number of halogens is 2. The lowest BCUT2D eigenvalue weighted by atomic mass is 10.1. The van der Waals surface area contributed by atoms with Crippen molar-refractivity contribution in [1.82, 2.24) is 0 Å². The highest BCUT2D eigenvalue weighted by molar-refractivity contribution is 5.36. The molecular formula is C11H11F2NO2. The van der Waals surface area contributed by atoms with Crippen LogP contribution in [0.25, 0.3) is 0 Å². The summed E-state index contributed by atoms with van der Waals surface area (Å²) in [5, 5.41) is 0. The molecule has 0 heterocycles. The van der Waals surface area contributed by atoms with Crippen molar-refractivity contribution in [2.24, 2.45) is 4.99 Å². The predicted molar refractivity (Wildman–Crippen MR) is 54.2 cm³/mol.